The van der Waals surface area contributed by atoms with Crippen molar-refractivity contribution >= 4 is 41.0 Å². The number of carbonyl (C=O) groups excluding carboxylic acids is 1. The molecule has 0 bridgehead atoms. The molecule has 0 unspecified atom stereocenters. The number of nitrogens with zero attached hydrogens (tertiary/aromatic N) is 3. The number of rotatable bonds is 8. The number of amides is 1. The molecule has 1 aromatic carbocycles. The van der Waals surface area contributed by atoms with Crippen molar-refractivity contribution < 1.29 is 18.4 Å². The van der Waals surface area contributed by atoms with Gasteiger partial charge >= 0.3 is 0 Å². The van der Waals surface area contributed by atoms with Crippen LogP contribution in [-0.4, -0.2) is 21.9 Å². The van der Waals surface area contributed by atoms with Gasteiger partial charge in [0.2, 0.25) is 0 Å². The normalized spacial score (nSPS) is 11.2. The zero-order valence-electron chi connectivity index (χ0n) is 16.9. The lowest BCUT2D eigenvalue weighted by Gasteiger charge is -2.06. The van der Waals surface area contributed by atoms with E-state index < -0.39 is 0 Å². The smallest absolute Gasteiger partial charge is 0.272 e. The van der Waals surface area contributed by atoms with E-state index in [1.165, 1.54) is 17.1 Å². The first kappa shape index (κ1) is 21.7. The van der Waals surface area contributed by atoms with Crippen molar-refractivity contribution in [3.05, 3.63) is 87.9 Å². The number of carbonyl (C=O) groups is 1. The lowest BCUT2D eigenvalue weighted by Crippen LogP contribution is -2.25. The molecule has 1 N–H and O–H groups in total. The summed E-state index contributed by atoms with van der Waals surface area (Å²) < 4.78 is 18.1. The molecule has 0 radical (unpaired) electrons. The maximum absolute atomic E-state index is 12.6. The van der Waals surface area contributed by atoms with Gasteiger partial charge in [0, 0.05) is 12.1 Å². The molecule has 3 aromatic heterocycles. The van der Waals surface area contributed by atoms with Crippen LogP contribution in [0.2, 0.25) is 10.0 Å². The Labute approximate surface area is 193 Å². The highest BCUT2D eigenvalue weighted by Gasteiger charge is 2.16. The summed E-state index contributed by atoms with van der Waals surface area (Å²) in [5.41, 5.74) is 0.729. The van der Waals surface area contributed by atoms with Crippen LogP contribution in [0, 0.1) is 0 Å². The number of aryl methyl sites for hydroxylation is 1. The summed E-state index contributed by atoms with van der Waals surface area (Å²) in [5.74, 6) is 1.91. The highest BCUT2D eigenvalue weighted by atomic mass is 35.5. The van der Waals surface area contributed by atoms with Crippen molar-refractivity contribution in [1.82, 2.24) is 15.1 Å². The van der Waals surface area contributed by atoms with E-state index in [2.05, 4.69) is 15.4 Å². The Morgan fingerprint density at radius 1 is 1.25 bits per heavy atom. The van der Waals surface area contributed by atoms with Gasteiger partial charge in [0.25, 0.3) is 5.91 Å². The van der Waals surface area contributed by atoms with Crippen LogP contribution in [0.1, 0.15) is 27.8 Å². The summed E-state index contributed by atoms with van der Waals surface area (Å²) >= 11 is 12.0. The molecule has 32 heavy (non-hydrogen) atoms. The third kappa shape index (κ3) is 5.22. The SMILES string of the molecule is Cn1ncc(N=Cc2ccc(COc3ccc(Cl)cc3Cl)o2)c1C(=O)NCc1ccco1. The second-order valence-electron chi connectivity index (χ2n) is 6.69. The molecule has 3 heterocycles. The van der Waals surface area contributed by atoms with E-state index in [1.54, 1.807) is 55.8 Å². The number of aromatic nitrogens is 2. The minimum Gasteiger partial charge on any atom is -0.484 e. The first-order valence-electron chi connectivity index (χ1n) is 9.53. The van der Waals surface area contributed by atoms with Crippen LogP contribution in [0.25, 0.3) is 0 Å². The van der Waals surface area contributed by atoms with Gasteiger partial charge in [0.15, 0.2) is 5.69 Å². The largest absolute Gasteiger partial charge is 0.484 e. The lowest BCUT2D eigenvalue weighted by molar-refractivity contribution is 0.0939. The minimum absolute atomic E-state index is 0.183. The number of hydrogen-bond donors (Lipinski definition) is 1. The predicted octanol–water partition coefficient (Wildman–Crippen LogP) is 5.17. The van der Waals surface area contributed by atoms with Gasteiger partial charge in [0.1, 0.15) is 35.3 Å². The Morgan fingerprint density at radius 3 is 2.91 bits per heavy atom. The maximum atomic E-state index is 12.6. The van der Waals surface area contributed by atoms with Crippen LogP contribution in [-0.2, 0) is 20.2 Å². The van der Waals surface area contributed by atoms with Crippen molar-refractivity contribution in [3.8, 4) is 5.75 Å². The van der Waals surface area contributed by atoms with Crippen molar-refractivity contribution in [3.63, 3.8) is 0 Å². The van der Waals surface area contributed by atoms with E-state index in [0.29, 0.717) is 44.5 Å². The number of nitrogens with one attached hydrogen (secondary N) is 1. The fourth-order valence-electron chi connectivity index (χ4n) is 2.86. The minimum atomic E-state index is -0.318. The molecule has 4 aromatic rings. The molecular formula is C22H18Cl2N4O4. The van der Waals surface area contributed by atoms with Crippen LogP contribution in [0.15, 0.2) is 68.8 Å². The monoisotopic (exact) mass is 472 g/mol. The number of ether oxygens (including phenoxy) is 1. The van der Waals surface area contributed by atoms with E-state index in [4.69, 9.17) is 36.8 Å². The van der Waals surface area contributed by atoms with Crippen LogP contribution in [0.5, 0.6) is 5.75 Å². The fourth-order valence-corrected chi connectivity index (χ4v) is 3.33. The summed E-state index contributed by atoms with van der Waals surface area (Å²) in [7, 11) is 1.67. The first-order chi connectivity index (χ1) is 15.5. The molecule has 0 saturated heterocycles. The van der Waals surface area contributed by atoms with Crippen LogP contribution in [0.4, 0.5) is 5.69 Å². The van der Waals surface area contributed by atoms with E-state index in [1.807, 2.05) is 0 Å². The highest BCUT2D eigenvalue weighted by Crippen LogP contribution is 2.28. The van der Waals surface area contributed by atoms with Crippen molar-refractivity contribution in [2.75, 3.05) is 0 Å². The molecule has 0 saturated carbocycles. The summed E-state index contributed by atoms with van der Waals surface area (Å²) in [6.45, 7) is 0.446. The molecule has 0 aliphatic carbocycles. The number of hydrogen-bond acceptors (Lipinski definition) is 6. The molecule has 0 atom stereocenters. The van der Waals surface area contributed by atoms with Gasteiger partial charge in [-0.15, -0.1) is 0 Å². The molecule has 0 aliphatic rings. The summed E-state index contributed by atoms with van der Waals surface area (Å²) in [6, 6.07) is 12.0. The standard InChI is InChI=1S/C22H18Cl2N4O4/c1-28-21(22(29)26-10-15-3-2-8-30-15)19(12-27-28)25-11-16-5-6-17(32-16)13-31-20-7-4-14(23)9-18(20)24/h2-9,11-12H,10,13H2,1H3,(H,26,29). The predicted molar refractivity (Wildman–Crippen MR) is 120 cm³/mol. The van der Waals surface area contributed by atoms with Gasteiger partial charge in [-0.25, -0.2) is 4.99 Å². The summed E-state index contributed by atoms with van der Waals surface area (Å²) in [6.07, 6.45) is 4.57. The molecule has 1 amide bonds. The second kappa shape index (κ2) is 9.76. The quantitative estimate of drug-likeness (QED) is 0.356. The van der Waals surface area contributed by atoms with Crippen LogP contribution >= 0.6 is 23.2 Å². The Kier molecular flexibility index (Phi) is 6.63. The Balaban J connectivity index is 1.39. The van der Waals surface area contributed by atoms with Gasteiger partial charge in [-0.05, 0) is 42.5 Å². The molecular weight excluding hydrogens is 455 g/mol. The van der Waals surface area contributed by atoms with Crippen molar-refractivity contribution in [2.45, 2.75) is 13.2 Å². The molecule has 0 spiro atoms. The van der Waals surface area contributed by atoms with Gasteiger partial charge in [-0.3, -0.25) is 9.48 Å². The second-order valence-corrected chi connectivity index (χ2v) is 7.53. The molecule has 0 fully saturated rings. The summed E-state index contributed by atoms with van der Waals surface area (Å²) in [5, 5.41) is 7.86. The summed E-state index contributed by atoms with van der Waals surface area (Å²) in [4.78, 5) is 16.9. The van der Waals surface area contributed by atoms with Crippen molar-refractivity contribution in [2.24, 2.45) is 12.0 Å². The molecule has 10 heteroatoms. The Hall–Kier alpha value is -3.49. The zero-order valence-corrected chi connectivity index (χ0v) is 18.4. The Morgan fingerprint density at radius 2 is 2.12 bits per heavy atom. The third-order valence-electron chi connectivity index (χ3n) is 4.41. The van der Waals surface area contributed by atoms with Gasteiger partial charge < -0.3 is 18.9 Å². The van der Waals surface area contributed by atoms with Crippen LogP contribution in [0.3, 0.4) is 0 Å². The van der Waals surface area contributed by atoms with Crippen molar-refractivity contribution in [1.29, 1.82) is 0 Å². The Bertz CT molecular complexity index is 1240. The highest BCUT2D eigenvalue weighted by molar-refractivity contribution is 6.35. The topological polar surface area (TPSA) is 94.8 Å². The van der Waals surface area contributed by atoms with E-state index in [9.17, 15) is 4.79 Å². The third-order valence-corrected chi connectivity index (χ3v) is 4.95. The molecule has 4 rings (SSSR count). The lowest BCUT2D eigenvalue weighted by atomic mass is 10.3. The van der Waals surface area contributed by atoms with Gasteiger partial charge in [0.05, 0.1) is 30.2 Å². The maximum Gasteiger partial charge on any atom is 0.272 e. The first-order valence-corrected chi connectivity index (χ1v) is 10.3. The van der Waals surface area contributed by atoms with Gasteiger partial charge in [-0.1, -0.05) is 23.2 Å². The molecule has 164 valence electrons. The van der Waals surface area contributed by atoms with Gasteiger partial charge in [-0.2, -0.15) is 5.10 Å². The molecule has 0 aliphatic heterocycles. The van der Waals surface area contributed by atoms with E-state index >= 15 is 0 Å². The van der Waals surface area contributed by atoms with E-state index in [-0.39, 0.29) is 19.1 Å². The fraction of sp³-hybridized carbons (Fsp3) is 0.136. The average Bonchev–Trinajstić information content (AvgIpc) is 3.51. The zero-order chi connectivity index (χ0) is 22.5. The van der Waals surface area contributed by atoms with E-state index in [0.717, 1.165) is 0 Å². The van der Waals surface area contributed by atoms with Crippen LogP contribution < -0.4 is 10.1 Å². The number of benzene rings is 1. The number of aliphatic imine (C=N–C) groups is 1. The molecule has 8 nitrogen and oxygen atoms in total. The number of furan rings is 2. The number of halogens is 2. The average molecular weight is 473 g/mol.